The number of piperidine rings is 1. The summed E-state index contributed by atoms with van der Waals surface area (Å²) in [5.41, 5.74) is 0.526. The number of benzene rings is 1. The van der Waals surface area contributed by atoms with Crippen LogP contribution < -0.4 is 5.32 Å². The van der Waals surface area contributed by atoms with Gasteiger partial charge in [0.05, 0.1) is 6.10 Å². The van der Waals surface area contributed by atoms with Gasteiger partial charge in [-0.05, 0) is 30.5 Å². The van der Waals surface area contributed by atoms with Crippen LogP contribution in [0.4, 0.5) is 0 Å². The fourth-order valence-electron chi connectivity index (χ4n) is 2.37. The van der Waals surface area contributed by atoms with Crippen molar-refractivity contribution in [3.05, 3.63) is 34.9 Å². The van der Waals surface area contributed by atoms with Crippen molar-refractivity contribution < 1.29 is 15.0 Å². The molecule has 5 nitrogen and oxygen atoms in total. The highest BCUT2D eigenvalue weighted by atomic mass is 35.5. The lowest BCUT2D eigenvalue weighted by Gasteiger charge is -2.29. The van der Waals surface area contributed by atoms with Gasteiger partial charge in [-0.3, -0.25) is 4.79 Å². The fourth-order valence-corrected chi connectivity index (χ4v) is 2.50. The lowest BCUT2D eigenvalue weighted by molar-refractivity contribution is -0.129. The number of aliphatic hydroxyl groups is 2. The topological polar surface area (TPSA) is 72.8 Å². The molecule has 1 aromatic rings. The molecule has 0 aliphatic carbocycles. The number of likely N-dealkylation sites (tertiary alicyclic amines) is 1. The zero-order valence-corrected chi connectivity index (χ0v) is 12.6. The molecular weight excluding hydrogens is 292 g/mol. The first-order valence-corrected chi connectivity index (χ1v) is 7.55. The molecule has 21 heavy (non-hydrogen) atoms. The summed E-state index contributed by atoms with van der Waals surface area (Å²) in [6, 6.07) is 6.57. The van der Waals surface area contributed by atoms with Crippen LogP contribution in [0.25, 0.3) is 0 Å². The standard InChI is InChI=1S/C15H21ClN2O3/c16-12-3-1-11(2-4-12)14(20)15(21)17-7-10-18-8-5-13(19)6-9-18/h1-4,13-14,19-20H,5-10H2,(H,17,21)/t14-/m0/s1. The molecule has 1 aliphatic heterocycles. The van der Waals surface area contributed by atoms with Gasteiger partial charge in [-0.15, -0.1) is 0 Å². The Morgan fingerprint density at radius 3 is 2.57 bits per heavy atom. The van der Waals surface area contributed by atoms with Gasteiger partial charge in [0, 0.05) is 31.2 Å². The van der Waals surface area contributed by atoms with Crippen LogP contribution >= 0.6 is 11.6 Å². The second-order valence-corrected chi connectivity index (χ2v) is 5.75. The first-order chi connectivity index (χ1) is 10.1. The minimum absolute atomic E-state index is 0.192. The molecule has 0 bridgehead atoms. The Hall–Kier alpha value is -1.14. The molecule has 1 aliphatic rings. The third kappa shape index (κ3) is 4.97. The number of amides is 1. The van der Waals surface area contributed by atoms with Gasteiger partial charge in [0.2, 0.25) is 0 Å². The average molecular weight is 313 g/mol. The number of carbonyl (C=O) groups is 1. The minimum Gasteiger partial charge on any atom is -0.393 e. The number of hydrogen-bond acceptors (Lipinski definition) is 4. The van der Waals surface area contributed by atoms with Gasteiger partial charge in [0.25, 0.3) is 5.91 Å². The van der Waals surface area contributed by atoms with E-state index in [2.05, 4.69) is 10.2 Å². The minimum atomic E-state index is -1.18. The van der Waals surface area contributed by atoms with Crippen molar-refractivity contribution in [2.24, 2.45) is 0 Å². The lowest BCUT2D eigenvalue weighted by Crippen LogP contribution is -2.41. The molecule has 1 fully saturated rings. The van der Waals surface area contributed by atoms with Gasteiger partial charge in [-0.2, -0.15) is 0 Å². The number of hydrogen-bond donors (Lipinski definition) is 3. The van der Waals surface area contributed by atoms with Crippen molar-refractivity contribution in [3.8, 4) is 0 Å². The summed E-state index contributed by atoms with van der Waals surface area (Å²) in [4.78, 5) is 14.1. The third-order valence-corrected chi connectivity index (χ3v) is 3.97. The molecule has 0 radical (unpaired) electrons. The van der Waals surface area contributed by atoms with E-state index in [9.17, 15) is 15.0 Å². The van der Waals surface area contributed by atoms with Gasteiger partial charge >= 0.3 is 0 Å². The first kappa shape index (κ1) is 16.2. The van der Waals surface area contributed by atoms with Gasteiger partial charge in [0.1, 0.15) is 0 Å². The Kier molecular flexibility index (Phi) is 5.99. The number of halogens is 1. The van der Waals surface area contributed by atoms with Crippen molar-refractivity contribution in [1.82, 2.24) is 10.2 Å². The number of rotatable bonds is 5. The second-order valence-electron chi connectivity index (χ2n) is 5.32. The molecule has 116 valence electrons. The number of nitrogens with one attached hydrogen (secondary N) is 1. The summed E-state index contributed by atoms with van der Waals surface area (Å²) in [5.74, 6) is -0.408. The molecule has 1 saturated heterocycles. The molecule has 6 heteroatoms. The van der Waals surface area contributed by atoms with Crippen LogP contribution in [0.15, 0.2) is 24.3 Å². The summed E-state index contributed by atoms with van der Waals surface area (Å²) >= 11 is 5.77. The zero-order valence-electron chi connectivity index (χ0n) is 11.8. The highest BCUT2D eigenvalue weighted by Gasteiger charge is 2.19. The van der Waals surface area contributed by atoms with Crippen LogP contribution in [-0.4, -0.2) is 53.3 Å². The van der Waals surface area contributed by atoms with Crippen molar-refractivity contribution in [2.45, 2.75) is 25.0 Å². The normalized spacial score (nSPS) is 18.4. The molecule has 0 aromatic heterocycles. The van der Waals surface area contributed by atoms with Crippen molar-refractivity contribution in [1.29, 1.82) is 0 Å². The number of aliphatic hydroxyl groups excluding tert-OH is 2. The number of nitrogens with zero attached hydrogens (tertiary/aromatic N) is 1. The van der Waals surface area contributed by atoms with Crippen molar-refractivity contribution in [3.63, 3.8) is 0 Å². The van der Waals surface area contributed by atoms with Crippen LogP contribution in [0.1, 0.15) is 24.5 Å². The molecule has 1 aromatic carbocycles. The fraction of sp³-hybridized carbons (Fsp3) is 0.533. The predicted molar refractivity (Wildman–Crippen MR) is 81.1 cm³/mol. The van der Waals surface area contributed by atoms with Crippen LogP contribution in [0, 0.1) is 0 Å². The van der Waals surface area contributed by atoms with Crippen LogP contribution in [-0.2, 0) is 4.79 Å². The Morgan fingerprint density at radius 1 is 1.33 bits per heavy atom. The second kappa shape index (κ2) is 7.75. The monoisotopic (exact) mass is 312 g/mol. The molecule has 1 amide bonds. The van der Waals surface area contributed by atoms with Crippen LogP contribution in [0.3, 0.4) is 0 Å². The van der Waals surface area contributed by atoms with Gasteiger partial charge in [-0.25, -0.2) is 0 Å². The zero-order chi connectivity index (χ0) is 15.2. The van der Waals surface area contributed by atoms with Crippen LogP contribution in [0.5, 0.6) is 0 Å². The summed E-state index contributed by atoms with van der Waals surface area (Å²) < 4.78 is 0. The van der Waals surface area contributed by atoms with Crippen LogP contribution in [0.2, 0.25) is 5.02 Å². The summed E-state index contributed by atoms with van der Waals surface area (Å²) in [6.45, 7) is 2.90. The lowest BCUT2D eigenvalue weighted by atomic mass is 10.1. The van der Waals surface area contributed by atoms with E-state index in [-0.39, 0.29) is 6.10 Å². The van der Waals surface area contributed by atoms with E-state index in [1.54, 1.807) is 24.3 Å². The van der Waals surface area contributed by atoms with Crippen molar-refractivity contribution in [2.75, 3.05) is 26.2 Å². The Balaban J connectivity index is 1.72. The molecule has 1 atom stereocenters. The molecule has 0 spiro atoms. The molecule has 0 saturated carbocycles. The van der Waals surface area contributed by atoms with E-state index in [1.165, 1.54) is 0 Å². The van der Waals surface area contributed by atoms with E-state index in [0.29, 0.717) is 17.1 Å². The maximum atomic E-state index is 11.9. The van der Waals surface area contributed by atoms with E-state index < -0.39 is 12.0 Å². The predicted octanol–water partition coefficient (Wildman–Crippen LogP) is 0.946. The SMILES string of the molecule is O=C(NCCN1CCC(O)CC1)[C@@H](O)c1ccc(Cl)cc1. The van der Waals surface area contributed by atoms with E-state index in [1.807, 2.05) is 0 Å². The Morgan fingerprint density at radius 2 is 1.95 bits per heavy atom. The average Bonchev–Trinajstić information content (AvgIpc) is 2.49. The van der Waals surface area contributed by atoms with Crippen molar-refractivity contribution >= 4 is 17.5 Å². The molecule has 1 heterocycles. The maximum Gasteiger partial charge on any atom is 0.253 e. The highest BCUT2D eigenvalue weighted by molar-refractivity contribution is 6.30. The molecule has 2 rings (SSSR count). The molecule has 3 N–H and O–H groups in total. The largest absolute Gasteiger partial charge is 0.393 e. The molecular formula is C15H21ClN2O3. The van der Waals surface area contributed by atoms with E-state index in [0.717, 1.165) is 32.5 Å². The van der Waals surface area contributed by atoms with E-state index in [4.69, 9.17) is 11.6 Å². The highest BCUT2D eigenvalue weighted by Crippen LogP contribution is 2.16. The Labute approximate surface area is 129 Å². The van der Waals surface area contributed by atoms with Gasteiger partial charge < -0.3 is 20.4 Å². The smallest absolute Gasteiger partial charge is 0.253 e. The first-order valence-electron chi connectivity index (χ1n) is 7.18. The third-order valence-electron chi connectivity index (χ3n) is 3.72. The maximum absolute atomic E-state index is 11.9. The van der Waals surface area contributed by atoms with E-state index >= 15 is 0 Å². The van der Waals surface area contributed by atoms with Gasteiger partial charge in [0.15, 0.2) is 6.10 Å². The Bertz CT molecular complexity index is 458. The van der Waals surface area contributed by atoms with Gasteiger partial charge in [-0.1, -0.05) is 23.7 Å². The summed E-state index contributed by atoms with van der Waals surface area (Å²) in [5, 5.41) is 22.7. The number of carbonyl (C=O) groups excluding carboxylic acids is 1. The quantitative estimate of drug-likeness (QED) is 0.757. The summed E-state index contributed by atoms with van der Waals surface area (Å²) in [7, 11) is 0. The summed E-state index contributed by atoms with van der Waals surface area (Å²) in [6.07, 6.45) is 0.191. The molecule has 0 unspecified atom stereocenters.